The van der Waals surface area contributed by atoms with Crippen LogP contribution in [0.5, 0.6) is 0 Å². The summed E-state index contributed by atoms with van der Waals surface area (Å²) in [6.07, 6.45) is 4.29. The fraction of sp³-hybridized carbons (Fsp3) is 0.571. The lowest BCUT2D eigenvalue weighted by Gasteiger charge is -2.32. The quantitative estimate of drug-likeness (QED) is 0.735. The van der Waals surface area contributed by atoms with Gasteiger partial charge in [-0.2, -0.15) is 0 Å². The van der Waals surface area contributed by atoms with Crippen LogP contribution in [0.1, 0.15) is 37.7 Å². The average Bonchev–Trinajstić information content (AvgIpc) is 2.37. The highest BCUT2D eigenvalue weighted by Crippen LogP contribution is 2.28. The minimum Gasteiger partial charge on any atom is -0.399 e. The molecule has 112 valence electrons. The number of nitrogens with one attached hydrogen (secondary N) is 1. The van der Waals surface area contributed by atoms with Gasteiger partial charge in [-0.25, -0.2) is 13.1 Å². The van der Waals surface area contributed by atoms with E-state index in [0.29, 0.717) is 24.1 Å². The van der Waals surface area contributed by atoms with Crippen LogP contribution in [-0.2, 0) is 10.0 Å². The van der Waals surface area contributed by atoms with Crippen LogP contribution in [0.2, 0.25) is 0 Å². The number of rotatable bonds is 4. The Bertz CT molecular complexity index is 578. The first kappa shape index (κ1) is 15.3. The van der Waals surface area contributed by atoms with Crippen LogP contribution in [-0.4, -0.2) is 25.7 Å². The molecule has 1 fully saturated rings. The number of aryl methyl sites for hydroxylation is 1. The molecule has 0 saturated heterocycles. The Morgan fingerprint density at radius 3 is 2.55 bits per heavy atom. The molecule has 0 unspecified atom stereocenters. The van der Waals surface area contributed by atoms with Crippen molar-refractivity contribution in [2.75, 3.05) is 12.3 Å². The van der Waals surface area contributed by atoms with E-state index in [1.807, 2.05) is 0 Å². The largest absolute Gasteiger partial charge is 0.399 e. The maximum Gasteiger partial charge on any atom is 0.240 e. The standard InChI is InChI=1S/C14H22N2O3S/c1-11-9-12(15)5-6-13(11)20(18,19)16-10-14(17)7-3-2-4-8-14/h5-6,9,16-17H,2-4,7-8,10,15H2,1H3. The third-order valence-corrected chi connectivity index (χ3v) is 5.43. The van der Waals surface area contributed by atoms with E-state index in [1.165, 1.54) is 6.07 Å². The number of hydrogen-bond donors (Lipinski definition) is 3. The second-order valence-corrected chi connectivity index (χ2v) is 7.37. The Morgan fingerprint density at radius 2 is 1.95 bits per heavy atom. The maximum atomic E-state index is 12.3. The van der Waals surface area contributed by atoms with Gasteiger partial charge in [0.05, 0.1) is 10.5 Å². The van der Waals surface area contributed by atoms with E-state index in [1.54, 1.807) is 19.1 Å². The molecule has 0 bridgehead atoms. The molecule has 0 aliphatic heterocycles. The first-order chi connectivity index (χ1) is 9.32. The summed E-state index contributed by atoms with van der Waals surface area (Å²) in [5.74, 6) is 0. The highest BCUT2D eigenvalue weighted by atomic mass is 32.2. The van der Waals surface area contributed by atoms with Gasteiger partial charge in [0.1, 0.15) is 0 Å². The zero-order valence-electron chi connectivity index (χ0n) is 11.7. The van der Waals surface area contributed by atoms with Crippen LogP contribution >= 0.6 is 0 Å². The predicted octanol–water partition coefficient (Wildman–Crippen LogP) is 1.55. The van der Waals surface area contributed by atoms with Gasteiger partial charge in [0.15, 0.2) is 0 Å². The van der Waals surface area contributed by atoms with Gasteiger partial charge in [0.25, 0.3) is 0 Å². The molecular formula is C14H22N2O3S. The fourth-order valence-corrected chi connectivity index (χ4v) is 4.01. The Morgan fingerprint density at radius 1 is 1.30 bits per heavy atom. The monoisotopic (exact) mass is 298 g/mol. The smallest absolute Gasteiger partial charge is 0.240 e. The minimum atomic E-state index is -3.61. The maximum absolute atomic E-state index is 12.3. The van der Waals surface area contributed by atoms with Crippen LogP contribution in [0.25, 0.3) is 0 Å². The van der Waals surface area contributed by atoms with E-state index in [-0.39, 0.29) is 11.4 Å². The van der Waals surface area contributed by atoms with E-state index in [0.717, 1.165) is 19.3 Å². The summed E-state index contributed by atoms with van der Waals surface area (Å²) >= 11 is 0. The van der Waals surface area contributed by atoms with Crippen molar-refractivity contribution in [3.63, 3.8) is 0 Å². The van der Waals surface area contributed by atoms with Gasteiger partial charge in [-0.3, -0.25) is 0 Å². The zero-order chi connectivity index (χ0) is 14.8. The molecule has 20 heavy (non-hydrogen) atoms. The highest BCUT2D eigenvalue weighted by molar-refractivity contribution is 7.89. The van der Waals surface area contributed by atoms with Crippen molar-refractivity contribution >= 4 is 15.7 Å². The van der Waals surface area contributed by atoms with Crippen LogP contribution < -0.4 is 10.5 Å². The van der Waals surface area contributed by atoms with Crippen LogP contribution in [0.4, 0.5) is 5.69 Å². The number of benzene rings is 1. The number of aliphatic hydroxyl groups is 1. The van der Waals surface area contributed by atoms with Crippen LogP contribution in [0.15, 0.2) is 23.1 Å². The Labute approximate surface area is 120 Å². The molecule has 1 aromatic carbocycles. The van der Waals surface area contributed by atoms with E-state index < -0.39 is 15.6 Å². The zero-order valence-corrected chi connectivity index (χ0v) is 12.5. The number of nitrogens with two attached hydrogens (primary N) is 1. The third-order valence-electron chi connectivity index (χ3n) is 3.86. The molecule has 0 radical (unpaired) electrons. The van der Waals surface area contributed by atoms with Gasteiger partial charge in [0.2, 0.25) is 10.0 Å². The second-order valence-electron chi connectivity index (χ2n) is 5.63. The minimum absolute atomic E-state index is 0.0686. The molecule has 6 heteroatoms. The fourth-order valence-electron chi connectivity index (χ4n) is 2.67. The summed E-state index contributed by atoms with van der Waals surface area (Å²) in [4.78, 5) is 0.214. The first-order valence-electron chi connectivity index (χ1n) is 6.91. The number of anilines is 1. The molecule has 0 atom stereocenters. The van der Waals surface area contributed by atoms with Crippen LogP contribution in [0, 0.1) is 6.92 Å². The van der Waals surface area contributed by atoms with Crippen molar-refractivity contribution in [2.45, 2.75) is 49.5 Å². The van der Waals surface area contributed by atoms with Gasteiger partial charge < -0.3 is 10.8 Å². The molecule has 0 heterocycles. The van der Waals surface area contributed by atoms with Crippen molar-refractivity contribution in [2.24, 2.45) is 0 Å². The van der Waals surface area contributed by atoms with Gasteiger partial charge in [-0.05, 0) is 43.5 Å². The molecule has 5 nitrogen and oxygen atoms in total. The number of hydrogen-bond acceptors (Lipinski definition) is 4. The number of nitrogen functional groups attached to an aromatic ring is 1. The first-order valence-corrected chi connectivity index (χ1v) is 8.39. The van der Waals surface area contributed by atoms with E-state index in [4.69, 9.17) is 5.73 Å². The lowest BCUT2D eigenvalue weighted by Crippen LogP contribution is -2.44. The molecule has 1 aliphatic carbocycles. The van der Waals surface area contributed by atoms with Crippen molar-refractivity contribution in [3.8, 4) is 0 Å². The second kappa shape index (κ2) is 5.71. The molecule has 0 aromatic heterocycles. The van der Waals surface area contributed by atoms with Crippen molar-refractivity contribution < 1.29 is 13.5 Å². The van der Waals surface area contributed by atoms with Gasteiger partial charge in [-0.1, -0.05) is 19.3 Å². The lowest BCUT2D eigenvalue weighted by molar-refractivity contribution is 0.00945. The SMILES string of the molecule is Cc1cc(N)ccc1S(=O)(=O)NCC1(O)CCCCC1. The van der Waals surface area contributed by atoms with Crippen molar-refractivity contribution in [1.29, 1.82) is 0 Å². The predicted molar refractivity (Wildman–Crippen MR) is 78.8 cm³/mol. The molecule has 1 aromatic rings. The van der Waals surface area contributed by atoms with Gasteiger partial charge in [-0.15, -0.1) is 0 Å². The summed E-state index contributed by atoms with van der Waals surface area (Å²) in [5.41, 5.74) is 5.86. The topological polar surface area (TPSA) is 92.4 Å². The Kier molecular flexibility index (Phi) is 4.36. The summed E-state index contributed by atoms with van der Waals surface area (Å²) in [6, 6.07) is 4.69. The summed E-state index contributed by atoms with van der Waals surface area (Å²) in [6.45, 7) is 1.78. The summed E-state index contributed by atoms with van der Waals surface area (Å²) in [7, 11) is -3.61. The average molecular weight is 298 g/mol. The third kappa shape index (κ3) is 3.50. The molecule has 0 amide bonds. The van der Waals surface area contributed by atoms with Crippen LogP contribution in [0.3, 0.4) is 0 Å². The molecular weight excluding hydrogens is 276 g/mol. The van der Waals surface area contributed by atoms with Gasteiger partial charge in [0, 0.05) is 12.2 Å². The molecule has 1 saturated carbocycles. The van der Waals surface area contributed by atoms with E-state index in [2.05, 4.69) is 4.72 Å². The molecule has 1 aliphatic rings. The van der Waals surface area contributed by atoms with Crippen molar-refractivity contribution in [3.05, 3.63) is 23.8 Å². The van der Waals surface area contributed by atoms with E-state index in [9.17, 15) is 13.5 Å². The lowest BCUT2D eigenvalue weighted by atomic mass is 9.85. The Balaban J connectivity index is 2.11. The molecule has 2 rings (SSSR count). The Hall–Kier alpha value is -1.11. The number of sulfonamides is 1. The summed E-state index contributed by atoms with van der Waals surface area (Å²) in [5, 5.41) is 10.3. The highest BCUT2D eigenvalue weighted by Gasteiger charge is 2.31. The normalized spacial score (nSPS) is 18.9. The van der Waals surface area contributed by atoms with E-state index >= 15 is 0 Å². The summed E-state index contributed by atoms with van der Waals surface area (Å²) < 4.78 is 27.1. The van der Waals surface area contributed by atoms with Crippen molar-refractivity contribution in [1.82, 2.24) is 4.72 Å². The van der Waals surface area contributed by atoms with Gasteiger partial charge >= 0.3 is 0 Å². The molecule has 0 spiro atoms. The molecule has 4 N–H and O–H groups in total.